The summed E-state index contributed by atoms with van der Waals surface area (Å²) >= 11 is 2.72. The number of rotatable bonds is 2. The van der Waals surface area contributed by atoms with Gasteiger partial charge in [0.25, 0.3) is 0 Å². The zero-order chi connectivity index (χ0) is 10.9. The SMILES string of the molecule is CC1CC2C[C@H](CCC(I)(CCN)C2)C1. The van der Waals surface area contributed by atoms with E-state index >= 15 is 0 Å². The first-order valence-electron chi connectivity index (χ1n) is 6.50. The van der Waals surface area contributed by atoms with Crippen molar-refractivity contribution < 1.29 is 0 Å². The molecule has 88 valence electrons. The molecule has 0 amide bonds. The maximum atomic E-state index is 5.76. The van der Waals surface area contributed by atoms with Crippen molar-refractivity contribution in [2.75, 3.05) is 6.54 Å². The number of fused-ring (bicyclic) bond motifs is 2. The zero-order valence-corrected chi connectivity index (χ0v) is 12.0. The lowest BCUT2D eigenvalue weighted by Crippen LogP contribution is -2.27. The van der Waals surface area contributed by atoms with Crippen LogP contribution < -0.4 is 5.73 Å². The largest absolute Gasteiger partial charge is 0.330 e. The molecule has 2 rings (SSSR count). The van der Waals surface area contributed by atoms with Gasteiger partial charge < -0.3 is 5.73 Å². The summed E-state index contributed by atoms with van der Waals surface area (Å²) in [7, 11) is 0. The van der Waals surface area contributed by atoms with Crippen LogP contribution in [0, 0.1) is 17.8 Å². The summed E-state index contributed by atoms with van der Waals surface area (Å²) in [5, 5.41) is 0. The number of halogens is 1. The standard InChI is InChI=1S/C13H24IN/c1-10-6-11-2-3-13(14,4-5-15)9-12(7-10)8-11/h10-12H,2-9,15H2,1H3/t10?,11-,12?,13?/m1/s1. The molecule has 0 aromatic carbocycles. The van der Waals surface area contributed by atoms with E-state index in [9.17, 15) is 0 Å². The van der Waals surface area contributed by atoms with E-state index in [4.69, 9.17) is 5.73 Å². The number of alkyl halides is 1. The number of hydrogen-bond acceptors (Lipinski definition) is 1. The lowest BCUT2D eigenvalue weighted by molar-refractivity contribution is 0.208. The Morgan fingerprint density at radius 3 is 2.73 bits per heavy atom. The van der Waals surface area contributed by atoms with Crippen LogP contribution in [0.15, 0.2) is 0 Å². The molecule has 0 saturated heterocycles. The van der Waals surface area contributed by atoms with Crippen LogP contribution in [0.3, 0.4) is 0 Å². The van der Waals surface area contributed by atoms with Crippen LogP contribution in [0.2, 0.25) is 0 Å². The topological polar surface area (TPSA) is 26.0 Å². The molecule has 0 aliphatic heterocycles. The molecule has 0 aromatic heterocycles. The fourth-order valence-electron chi connectivity index (χ4n) is 3.87. The van der Waals surface area contributed by atoms with E-state index in [1.807, 2.05) is 0 Å². The van der Waals surface area contributed by atoms with Gasteiger partial charge in [-0.05, 0) is 69.2 Å². The van der Waals surface area contributed by atoms with Crippen molar-refractivity contribution in [2.24, 2.45) is 23.5 Å². The van der Waals surface area contributed by atoms with Gasteiger partial charge in [-0.2, -0.15) is 0 Å². The summed E-state index contributed by atoms with van der Waals surface area (Å²) in [6.45, 7) is 3.32. The molecule has 2 aliphatic carbocycles. The van der Waals surface area contributed by atoms with Crippen molar-refractivity contribution in [3.05, 3.63) is 0 Å². The summed E-state index contributed by atoms with van der Waals surface area (Å²) in [5.41, 5.74) is 5.76. The van der Waals surface area contributed by atoms with Gasteiger partial charge in [-0.25, -0.2) is 0 Å². The van der Waals surface area contributed by atoms with Gasteiger partial charge in [-0.3, -0.25) is 0 Å². The molecule has 2 saturated carbocycles. The first kappa shape index (κ1) is 12.2. The van der Waals surface area contributed by atoms with Crippen molar-refractivity contribution in [3.8, 4) is 0 Å². The van der Waals surface area contributed by atoms with Gasteiger partial charge >= 0.3 is 0 Å². The second kappa shape index (κ2) is 4.91. The van der Waals surface area contributed by atoms with Gasteiger partial charge in [0.1, 0.15) is 0 Å². The highest BCUT2D eigenvalue weighted by molar-refractivity contribution is 14.1. The summed E-state index contributed by atoms with van der Waals surface area (Å²) in [6.07, 6.45) is 10.0. The van der Waals surface area contributed by atoms with Crippen LogP contribution in [0.1, 0.15) is 51.9 Å². The highest BCUT2D eigenvalue weighted by Crippen LogP contribution is 2.48. The first-order valence-corrected chi connectivity index (χ1v) is 7.58. The van der Waals surface area contributed by atoms with E-state index in [-0.39, 0.29) is 0 Å². The molecule has 2 bridgehead atoms. The number of nitrogens with two attached hydrogens (primary N) is 1. The molecule has 2 heteroatoms. The first-order chi connectivity index (χ1) is 7.11. The second-order valence-corrected chi connectivity index (χ2v) is 8.27. The average molecular weight is 321 g/mol. The summed E-state index contributed by atoms with van der Waals surface area (Å²) < 4.78 is 0.538. The fraction of sp³-hybridized carbons (Fsp3) is 1.00. The smallest absolute Gasteiger partial charge is 0.0237 e. The van der Waals surface area contributed by atoms with Gasteiger partial charge in [-0.15, -0.1) is 0 Å². The Labute approximate surface area is 108 Å². The lowest BCUT2D eigenvalue weighted by Gasteiger charge is -2.33. The monoisotopic (exact) mass is 321 g/mol. The summed E-state index contributed by atoms with van der Waals surface area (Å²) in [6, 6.07) is 0. The molecule has 0 radical (unpaired) electrons. The summed E-state index contributed by atoms with van der Waals surface area (Å²) in [4.78, 5) is 0. The Morgan fingerprint density at radius 2 is 2.00 bits per heavy atom. The normalized spacial score (nSPS) is 46.2. The van der Waals surface area contributed by atoms with Gasteiger partial charge in [-0.1, -0.05) is 29.5 Å². The second-order valence-electron chi connectivity index (χ2n) is 5.98. The van der Waals surface area contributed by atoms with Gasteiger partial charge in [0.2, 0.25) is 0 Å². The van der Waals surface area contributed by atoms with Gasteiger partial charge in [0.15, 0.2) is 0 Å². The van der Waals surface area contributed by atoms with E-state index in [0.29, 0.717) is 3.42 Å². The molecule has 0 spiro atoms. The minimum atomic E-state index is 0.538. The van der Waals surface area contributed by atoms with Crippen LogP contribution >= 0.6 is 22.6 Å². The van der Waals surface area contributed by atoms with Crippen LogP contribution in [0.5, 0.6) is 0 Å². The molecule has 2 fully saturated rings. The van der Waals surface area contributed by atoms with Crippen molar-refractivity contribution in [2.45, 2.75) is 55.3 Å². The molecular weight excluding hydrogens is 297 g/mol. The Bertz CT molecular complexity index is 219. The predicted octanol–water partition coefficient (Wildman–Crippen LogP) is 3.75. The van der Waals surface area contributed by atoms with Gasteiger partial charge in [0, 0.05) is 3.42 Å². The molecule has 2 aliphatic rings. The van der Waals surface area contributed by atoms with Crippen molar-refractivity contribution in [3.63, 3.8) is 0 Å². The fourth-order valence-corrected chi connectivity index (χ4v) is 5.11. The molecule has 3 unspecified atom stereocenters. The minimum absolute atomic E-state index is 0.538. The Hall–Kier alpha value is 0.690. The number of hydrogen-bond donors (Lipinski definition) is 1. The van der Waals surface area contributed by atoms with Crippen LogP contribution in [0.4, 0.5) is 0 Å². The molecule has 0 heterocycles. The van der Waals surface area contributed by atoms with Crippen molar-refractivity contribution in [1.82, 2.24) is 0 Å². The third-order valence-electron chi connectivity index (χ3n) is 4.39. The molecule has 0 aromatic rings. The van der Waals surface area contributed by atoms with E-state index in [2.05, 4.69) is 29.5 Å². The van der Waals surface area contributed by atoms with Crippen LogP contribution in [0.25, 0.3) is 0 Å². The van der Waals surface area contributed by atoms with E-state index in [1.54, 1.807) is 0 Å². The van der Waals surface area contributed by atoms with Crippen LogP contribution in [-0.2, 0) is 0 Å². The average Bonchev–Trinajstić information content (AvgIpc) is 2.24. The Morgan fingerprint density at radius 1 is 1.27 bits per heavy atom. The van der Waals surface area contributed by atoms with E-state index < -0.39 is 0 Å². The van der Waals surface area contributed by atoms with E-state index in [1.165, 1.54) is 44.9 Å². The highest BCUT2D eigenvalue weighted by atomic mass is 127. The van der Waals surface area contributed by atoms with E-state index in [0.717, 1.165) is 24.3 Å². The zero-order valence-electron chi connectivity index (χ0n) is 9.84. The maximum Gasteiger partial charge on any atom is 0.0237 e. The lowest BCUT2D eigenvalue weighted by atomic mass is 9.75. The van der Waals surface area contributed by atoms with Crippen molar-refractivity contribution in [1.29, 1.82) is 0 Å². The molecule has 1 nitrogen and oxygen atoms in total. The molecular formula is C13H24IN. The van der Waals surface area contributed by atoms with Gasteiger partial charge in [0.05, 0.1) is 0 Å². The Kier molecular flexibility index (Phi) is 3.98. The predicted molar refractivity (Wildman–Crippen MR) is 74.3 cm³/mol. The minimum Gasteiger partial charge on any atom is -0.330 e. The van der Waals surface area contributed by atoms with Crippen molar-refractivity contribution >= 4 is 22.6 Å². The summed E-state index contributed by atoms with van der Waals surface area (Å²) in [5.74, 6) is 3.02. The Balaban J connectivity index is 2.03. The highest BCUT2D eigenvalue weighted by Gasteiger charge is 2.37. The molecule has 4 atom stereocenters. The van der Waals surface area contributed by atoms with Crippen LogP contribution in [-0.4, -0.2) is 9.97 Å². The third-order valence-corrected chi connectivity index (χ3v) is 5.90. The quantitative estimate of drug-likeness (QED) is 0.608. The molecule has 15 heavy (non-hydrogen) atoms. The third kappa shape index (κ3) is 3.09. The molecule has 2 N–H and O–H groups in total. The maximum absolute atomic E-state index is 5.76.